The Labute approximate surface area is 136 Å². The maximum absolute atomic E-state index is 5.81. The first-order chi connectivity index (χ1) is 9.13. The summed E-state index contributed by atoms with van der Waals surface area (Å²) < 4.78 is 0. The zero-order valence-corrected chi connectivity index (χ0v) is 14.1. The first-order valence-corrected chi connectivity index (χ1v) is 7.51. The van der Waals surface area contributed by atoms with Crippen LogP contribution in [0.25, 0.3) is 11.0 Å². The topological polar surface area (TPSA) is 31.9 Å². The lowest BCUT2D eigenvalue weighted by atomic mass is 10.1. The van der Waals surface area contributed by atoms with Gasteiger partial charge >= 0.3 is 0 Å². The average molecular weight is 337 g/mol. The number of benzene rings is 1. The summed E-state index contributed by atoms with van der Waals surface area (Å²) in [6.07, 6.45) is 0. The molecule has 20 heavy (non-hydrogen) atoms. The van der Waals surface area contributed by atoms with E-state index in [0.29, 0.717) is 11.8 Å². The average Bonchev–Trinajstić information content (AvgIpc) is 2.72. The van der Waals surface area contributed by atoms with Gasteiger partial charge in [0.05, 0.1) is 17.6 Å². The number of nitrogens with zero attached hydrogens (tertiary/aromatic N) is 2. The molecule has 0 radical (unpaired) electrons. The van der Waals surface area contributed by atoms with Crippen LogP contribution < -0.4 is 0 Å². The van der Waals surface area contributed by atoms with Crippen LogP contribution in [0.2, 0.25) is 0 Å². The number of rotatable bonds is 6. The molecule has 3 nitrogen and oxygen atoms in total. The fourth-order valence-corrected chi connectivity index (χ4v) is 2.80. The monoisotopic (exact) mass is 335 g/mol. The van der Waals surface area contributed by atoms with Crippen LogP contribution in [0.1, 0.15) is 17.0 Å². The summed E-state index contributed by atoms with van der Waals surface area (Å²) in [5.74, 6) is 2.18. The second kappa shape index (κ2) is 8.08. The van der Waals surface area contributed by atoms with Crippen molar-refractivity contribution in [3.63, 3.8) is 0 Å². The van der Waals surface area contributed by atoms with Crippen LogP contribution in [0.15, 0.2) is 12.1 Å². The highest BCUT2D eigenvalue weighted by Crippen LogP contribution is 2.18. The van der Waals surface area contributed by atoms with E-state index in [2.05, 4.69) is 40.8 Å². The van der Waals surface area contributed by atoms with Gasteiger partial charge in [-0.1, -0.05) is 6.07 Å². The third-order valence-electron chi connectivity index (χ3n) is 3.15. The fourth-order valence-electron chi connectivity index (χ4n) is 2.32. The number of aryl methyl sites for hydroxylation is 2. The van der Waals surface area contributed by atoms with Crippen LogP contribution in [0.4, 0.5) is 0 Å². The molecule has 0 aliphatic carbocycles. The van der Waals surface area contributed by atoms with E-state index in [9.17, 15) is 0 Å². The lowest BCUT2D eigenvalue weighted by Crippen LogP contribution is -2.27. The Kier molecular flexibility index (Phi) is 7.10. The smallest absolute Gasteiger partial charge is 0.121 e. The van der Waals surface area contributed by atoms with Gasteiger partial charge in [-0.3, -0.25) is 4.90 Å². The zero-order chi connectivity index (χ0) is 13.8. The number of alkyl halides is 2. The lowest BCUT2D eigenvalue weighted by Gasteiger charge is -2.18. The highest BCUT2D eigenvalue weighted by Gasteiger charge is 2.10. The summed E-state index contributed by atoms with van der Waals surface area (Å²) >= 11 is 11.6. The standard InChI is InChI=1S/C14H19Cl2N3.ClH/c1-10-7-11(2)14-12(8-10)17-13(18-14)9-19(5-3-15)6-4-16;/h7-8H,3-6,9H2,1-2H3,(H,17,18);1H. The van der Waals surface area contributed by atoms with E-state index < -0.39 is 0 Å². The van der Waals surface area contributed by atoms with Crippen LogP contribution in [-0.2, 0) is 6.54 Å². The van der Waals surface area contributed by atoms with Gasteiger partial charge in [-0.25, -0.2) is 4.98 Å². The molecule has 0 amide bonds. The molecule has 0 unspecified atom stereocenters. The molecule has 0 aliphatic heterocycles. The molecule has 0 aliphatic rings. The van der Waals surface area contributed by atoms with Gasteiger partial charge in [0.1, 0.15) is 5.82 Å². The number of halogens is 3. The minimum atomic E-state index is 0. The van der Waals surface area contributed by atoms with E-state index in [1.807, 2.05) is 0 Å². The van der Waals surface area contributed by atoms with Crippen LogP contribution in [0, 0.1) is 13.8 Å². The highest BCUT2D eigenvalue weighted by molar-refractivity contribution is 6.18. The Morgan fingerprint density at radius 1 is 1.15 bits per heavy atom. The number of hydrogen-bond donors (Lipinski definition) is 1. The highest BCUT2D eigenvalue weighted by atomic mass is 35.5. The van der Waals surface area contributed by atoms with Crippen molar-refractivity contribution in [2.45, 2.75) is 20.4 Å². The van der Waals surface area contributed by atoms with Crippen LogP contribution in [0.5, 0.6) is 0 Å². The molecule has 1 N–H and O–H groups in total. The molecule has 0 saturated carbocycles. The molecule has 1 aromatic carbocycles. The molecule has 112 valence electrons. The molecule has 2 aromatic rings. The van der Waals surface area contributed by atoms with Gasteiger partial charge in [0.2, 0.25) is 0 Å². The molecule has 0 atom stereocenters. The van der Waals surface area contributed by atoms with Crippen molar-refractivity contribution in [3.05, 3.63) is 29.1 Å². The summed E-state index contributed by atoms with van der Waals surface area (Å²) in [5, 5.41) is 0. The Morgan fingerprint density at radius 3 is 2.40 bits per heavy atom. The van der Waals surface area contributed by atoms with Gasteiger partial charge in [0, 0.05) is 24.8 Å². The lowest BCUT2D eigenvalue weighted by molar-refractivity contribution is 0.293. The van der Waals surface area contributed by atoms with Crippen LogP contribution >= 0.6 is 35.6 Å². The van der Waals surface area contributed by atoms with Gasteiger partial charge in [-0.15, -0.1) is 35.6 Å². The van der Waals surface area contributed by atoms with Crippen LogP contribution in [-0.4, -0.2) is 39.7 Å². The minimum Gasteiger partial charge on any atom is -0.341 e. The number of H-pyrrole nitrogens is 1. The Hall–Kier alpha value is -0.480. The number of fused-ring (bicyclic) bond motifs is 1. The molecule has 6 heteroatoms. The van der Waals surface area contributed by atoms with Gasteiger partial charge in [0.25, 0.3) is 0 Å². The molecule has 0 saturated heterocycles. The first-order valence-electron chi connectivity index (χ1n) is 6.44. The van der Waals surface area contributed by atoms with E-state index in [-0.39, 0.29) is 12.4 Å². The quantitative estimate of drug-likeness (QED) is 0.812. The summed E-state index contributed by atoms with van der Waals surface area (Å²) in [4.78, 5) is 10.3. The van der Waals surface area contributed by atoms with Gasteiger partial charge in [-0.2, -0.15) is 0 Å². The van der Waals surface area contributed by atoms with E-state index in [4.69, 9.17) is 23.2 Å². The molecule has 1 aromatic heterocycles. The molecule has 0 fully saturated rings. The number of aromatic nitrogens is 2. The van der Waals surface area contributed by atoms with Crippen molar-refractivity contribution < 1.29 is 0 Å². The summed E-state index contributed by atoms with van der Waals surface area (Å²) in [7, 11) is 0. The molecule has 0 bridgehead atoms. The number of hydrogen-bond acceptors (Lipinski definition) is 2. The number of aromatic amines is 1. The van der Waals surface area contributed by atoms with E-state index >= 15 is 0 Å². The summed E-state index contributed by atoms with van der Waals surface area (Å²) in [6.45, 7) is 6.59. The molecule has 1 heterocycles. The van der Waals surface area contributed by atoms with E-state index in [0.717, 1.165) is 36.5 Å². The second-order valence-corrected chi connectivity index (χ2v) is 5.57. The second-order valence-electron chi connectivity index (χ2n) is 4.82. The normalized spacial score (nSPS) is 11.1. The molecular weight excluding hydrogens is 317 g/mol. The van der Waals surface area contributed by atoms with Gasteiger partial charge < -0.3 is 4.98 Å². The molecule has 0 spiro atoms. The molecular formula is C14H20Cl3N3. The SMILES string of the molecule is Cc1cc(C)c2nc(CN(CCCl)CCCl)[nH]c2c1.Cl. The Balaban J connectivity index is 0.00000200. The van der Waals surface area contributed by atoms with E-state index in [1.165, 1.54) is 11.1 Å². The Morgan fingerprint density at radius 2 is 1.80 bits per heavy atom. The van der Waals surface area contributed by atoms with Crippen molar-refractivity contribution in [2.24, 2.45) is 0 Å². The predicted octanol–water partition coefficient (Wildman–Crippen LogP) is 3.88. The molecule has 2 rings (SSSR count). The number of imidazole rings is 1. The Bertz CT molecular complexity index is 548. The van der Waals surface area contributed by atoms with Crippen molar-refractivity contribution in [2.75, 3.05) is 24.8 Å². The van der Waals surface area contributed by atoms with Crippen molar-refractivity contribution >= 4 is 46.6 Å². The van der Waals surface area contributed by atoms with Crippen LogP contribution in [0.3, 0.4) is 0 Å². The third kappa shape index (κ3) is 4.26. The van der Waals surface area contributed by atoms with Crippen molar-refractivity contribution in [1.29, 1.82) is 0 Å². The maximum Gasteiger partial charge on any atom is 0.121 e. The first kappa shape index (κ1) is 17.6. The summed E-state index contributed by atoms with van der Waals surface area (Å²) in [6, 6.07) is 4.29. The van der Waals surface area contributed by atoms with Gasteiger partial charge in [-0.05, 0) is 31.0 Å². The minimum absolute atomic E-state index is 0. The summed E-state index contributed by atoms with van der Waals surface area (Å²) in [5.41, 5.74) is 4.61. The zero-order valence-electron chi connectivity index (χ0n) is 11.7. The third-order valence-corrected chi connectivity index (χ3v) is 3.48. The predicted molar refractivity (Wildman–Crippen MR) is 89.5 cm³/mol. The van der Waals surface area contributed by atoms with Gasteiger partial charge in [0.15, 0.2) is 0 Å². The largest absolute Gasteiger partial charge is 0.341 e. The van der Waals surface area contributed by atoms with E-state index in [1.54, 1.807) is 0 Å². The van der Waals surface area contributed by atoms with Crippen molar-refractivity contribution in [1.82, 2.24) is 14.9 Å². The van der Waals surface area contributed by atoms with Crippen molar-refractivity contribution in [3.8, 4) is 0 Å². The number of nitrogens with one attached hydrogen (secondary N) is 1. The maximum atomic E-state index is 5.81. The fraction of sp³-hybridized carbons (Fsp3) is 0.500.